The number of ether oxygens (including phenoxy) is 1. The first-order valence-corrected chi connectivity index (χ1v) is 8.19. The zero-order valence-electron chi connectivity index (χ0n) is 11.8. The molecule has 21 heavy (non-hydrogen) atoms. The van der Waals surface area contributed by atoms with Crippen molar-refractivity contribution in [3.8, 4) is 5.75 Å². The molecule has 0 spiro atoms. The zero-order valence-corrected chi connectivity index (χ0v) is 15.0. The highest BCUT2D eigenvalue weighted by Crippen LogP contribution is 2.33. The Morgan fingerprint density at radius 1 is 1.19 bits per heavy atom. The van der Waals surface area contributed by atoms with Crippen molar-refractivity contribution in [1.29, 1.82) is 0 Å². The fourth-order valence-corrected chi connectivity index (χ4v) is 2.85. The predicted molar refractivity (Wildman–Crippen MR) is 90.3 cm³/mol. The largest absolute Gasteiger partial charge is 0.494 e. The molecule has 112 valence electrons. The van der Waals surface area contributed by atoms with E-state index in [1.807, 2.05) is 38.2 Å². The van der Waals surface area contributed by atoms with Crippen molar-refractivity contribution in [2.45, 2.75) is 13.0 Å². The minimum Gasteiger partial charge on any atom is -0.494 e. The van der Waals surface area contributed by atoms with Gasteiger partial charge in [0.05, 0.1) is 17.1 Å². The lowest BCUT2D eigenvalue weighted by molar-refractivity contribution is 0.334. The van der Waals surface area contributed by atoms with Crippen molar-refractivity contribution in [2.75, 3.05) is 13.7 Å². The Balaban J connectivity index is 2.49. The molecule has 0 bridgehead atoms. The second-order valence-electron chi connectivity index (χ2n) is 4.51. The first kappa shape index (κ1) is 16.5. The van der Waals surface area contributed by atoms with Gasteiger partial charge in [-0.25, -0.2) is 4.39 Å². The number of benzene rings is 2. The summed E-state index contributed by atoms with van der Waals surface area (Å²) in [5, 5.41) is 3.22. The molecule has 2 nitrogen and oxygen atoms in total. The Morgan fingerprint density at radius 3 is 2.57 bits per heavy atom. The van der Waals surface area contributed by atoms with Crippen LogP contribution in [0.5, 0.6) is 5.75 Å². The summed E-state index contributed by atoms with van der Waals surface area (Å²) in [6.07, 6.45) is 0. The minimum absolute atomic E-state index is 0.147. The first-order valence-electron chi connectivity index (χ1n) is 6.61. The maximum absolute atomic E-state index is 13.8. The van der Waals surface area contributed by atoms with Gasteiger partial charge in [-0.2, -0.15) is 0 Å². The molecule has 0 fully saturated rings. The third-order valence-electron chi connectivity index (χ3n) is 3.15. The van der Waals surface area contributed by atoms with E-state index < -0.39 is 0 Å². The highest BCUT2D eigenvalue weighted by atomic mass is 79.9. The molecule has 5 heteroatoms. The molecule has 0 amide bonds. The fourth-order valence-electron chi connectivity index (χ4n) is 2.23. The normalized spacial score (nSPS) is 12.2. The summed E-state index contributed by atoms with van der Waals surface area (Å²) in [5.74, 6) is 0.518. The quantitative estimate of drug-likeness (QED) is 0.735. The van der Waals surface area contributed by atoms with Gasteiger partial charge >= 0.3 is 0 Å². The van der Waals surface area contributed by atoms with Gasteiger partial charge in [0.2, 0.25) is 0 Å². The zero-order chi connectivity index (χ0) is 15.4. The van der Waals surface area contributed by atoms with Crippen LogP contribution in [0.3, 0.4) is 0 Å². The van der Waals surface area contributed by atoms with E-state index in [2.05, 4.69) is 37.2 Å². The van der Waals surface area contributed by atoms with Crippen molar-refractivity contribution in [3.63, 3.8) is 0 Å². The van der Waals surface area contributed by atoms with E-state index >= 15 is 0 Å². The standard InChI is InChI=1S/C16H16Br2FNO/c1-3-21-15-7-5-11(17)9-12(15)16(20-2)10-4-6-13(18)14(19)8-10/h4-9,16,20H,3H2,1-2H3. The smallest absolute Gasteiger partial charge is 0.137 e. The monoisotopic (exact) mass is 415 g/mol. The van der Waals surface area contributed by atoms with E-state index in [-0.39, 0.29) is 11.9 Å². The first-order chi connectivity index (χ1) is 10.1. The maximum Gasteiger partial charge on any atom is 0.137 e. The fraction of sp³-hybridized carbons (Fsp3) is 0.250. The number of hydrogen-bond donors (Lipinski definition) is 1. The average molecular weight is 417 g/mol. The molecule has 0 heterocycles. The topological polar surface area (TPSA) is 21.3 Å². The molecule has 1 N–H and O–H groups in total. The van der Waals surface area contributed by atoms with Gasteiger partial charge in [0.1, 0.15) is 11.6 Å². The molecule has 2 rings (SSSR count). The highest BCUT2D eigenvalue weighted by molar-refractivity contribution is 9.10. The van der Waals surface area contributed by atoms with Crippen LogP contribution < -0.4 is 10.1 Å². The van der Waals surface area contributed by atoms with E-state index in [0.29, 0.717) is 11.1 Å². The number of hydrogen-bond acceptors (Lipinski definition) is 2. The SMILES string of the molecule is CCOc1ccc(Br)cc1C(NC)c1ccc(Br)c(F)c1. The van der Waals surface area contributed by atoms with Crippen LogP contribution in [-0.2, 0) is 0 Å². The van der Waals surface area contributed by atoms with Gasteiger partial charge in [0.15, 0.2) is 0 Å². The molecule has 0 saturated carbocycles. The van der Waals surface area contributed by atoms with Crippen molar-refractivity contribution >= 4 is 31.9 Å². The molecular formula is C16H16Br2FNO. The van der Waals surface area contributed by atoms with Crippen LogP contribution in [0.4, 0.5) is 4.39 Å². The van der Waals surface area contributed by atoms with Crippen molar-refractivity contribution in [1.82, 2.24) is 5.32 Å². The molecule has 2 aromatic rings. The minimum atomic E-state index is -0.277. The Bertz CT molecular complexity index is 634. The van der Waals surface area contributed by atoms with Crippen LogP contribution in [0.1, 0.15) is 24.1 Å². The summed E-state index contributed by atoms with van der Waals surface area (Å²) in [7, 11) is 1.85. The Labute approximate surface area is 141 Å². The Hall–Kier alpha value is -0.910. The van der Waals surface area contributed by atoms with Crippen LogP contribution in [-0.4, -0.2) is 13.7 Å². The summed E-state index contributed by atoms with van der Waals surface area (Å²) >= 11 is 6.66. The predicted octanol–water partition coefficient (Wildman–Crippen LogP) is 5.06. The highest BCUT2D eigenvalue weighted by Gasteiger charge is 2.18. The Kier molecular flexibility index (Phi) is 5.79. The molecule has 0 saturated heterocycles. The molecule has 0 aliphatic carbocycles. The van der Waals surface area contributed by atoms with Crippen LogP contribution in [0.2, 0.25) is 0 Å². The summed E-state index contributed by atoms with van der Waals surface area (Å²) in [6.45, 7) is 2.53. The molecule has 0 radical (unpaired) electrons. The van der Waals surface area contributed by atoms with E-state index in [9.17, 15) is 4.39 Å². The lowest BCUT2D eigenvalue weighted by atomic mass is 9.98. The van der Waals surface area contributed by atoms with E-state index in [4.69, 9.17) is 4.74 Å². The molecule has 1 unspecified atom stereocenters. The lowest BCUT2D eigenvalue weighted by Gasteiger charge is -2.21. The summed E-state index contributed by atoms with van der Waals surface area (Å²) < 4.78 is 20.9. The summed E-state index contributed by atoms with van der Waals surface area (Å²) in [5.41, 5.74) is 1.81. The van der Waals surface area contributed by atoms with Gasteiger partial charge in [-0.15, -0.1) is 0 Å². The van der Waals surface area contributed by atoms with E-state index in [1.54, 1.807) is 6.07 Å². The number of nitrogens with one attached hydrogen (secondary N) is 1. The molecule has 1 atom stereocenters. The van der Waals surface area contributed by atoms with Crippen LogP contribution in [0.15, 0.2) is 45.3 Å². The molecule has 2 aromatic carbocycles. The third-order valence-corrected chi connectivity index (χ3v) is 4.28. The molecule has 0 aliphatic rings. The van der Waals surface area contributed by atoms with E-state index in [1.165, 1.54) is 6.07 Å². The molecule has 0 aromatic heterocycles. The number of halogens is 3. The summed E-state index contributed by atoms with van der Waals surface area (Å²) in [4.78, 5) is 0. The Morgan fingerprint density at radius 2 is 1.95 bits per heavy atom. The van der Waals surface area contributed by atoms with Crippen LogP contribution >= 0.6 is 31.9 Å². The second kappa shape index (κ2) is 7.38. The third kappa shape index (κ3) is 3.84. The van der Waals surface area contributed by atoms with Gasteiger partial charge in [-0.3, -0.25) is 0 Å². The van der Waals surface area contributed by atoms with Crippen LogP contribution in [0, 0.1) is 5.82 Å². The second-order valence-corrected chi connectivity index (χ2v) is 6.28. The van der Waals surface area contributed by atoms with Crippen molar-refractivity contribution in [3.05, 3.63) is 62.3 Å². The van der Waals surface area contributed by atoms with E-state index in [0.717, 1.165) is 21.3 Å². The maximum atomic E-state index is 13.8. The molecule has 0 aliphatic heterocycles. The number of rotatable bonds is 5. The average Bonchev–Trinajstić information content (AvgIpc) is 2.46. The van der Waals surface area contributed by atoms with Crippen molar-refractivity contribution < 1.29 is 9.13 Å². The van der Waals surface area contributed by atoms with Gasteiger partial charge in [0, 0.05) is 10.0 Å². The van der Waals surface area contributed by atoms with Gasteiger partial charge in [0.25, 0.3) is 0 Å². The van der Waals surface area contributed by atoms with Crippen LogP contribution in [0.25, 0.3) is 0 Å². The summed E-state index contributed by atoms with van der Waals surface area (Å²) in [6, 6.07) is 10.8. The van der Waals surface area contributed by atoms with Gasteiger partial charge in [-0.05, 0) is 65.8 Å². The van der Waals surface area contributed by atoms with Gasteiger partial charge < -0.3 is 10.1 Å². The molecular weight excluding hydrogens is 401 g/mol. The van der Waals surface area contributed by atoms with Crippen molar-refractivity contribution in [2.24, 2.45) is 0 Å². The lowest BCUT2D eigenvalue weighted by Crippen LogP contribution is -2.19. The van der Waals surface area contributed by atoms with Gasteiger partial charge in [-0.1, -0.05) is 22.0 Å².